The molecular formula is C35H43ClFN3O2. The molecule has 0 aliphatic rings. The van der Waals surface area contributed by atoms with Gasteiger partial charge in [-0.1, -0.05) is 56.5 Å². The molecule has 0 unspecified atom stereocenters. The highest BCUT2D eigenvalue weighted by atomic mass is 35.5. The summed E-state index contributed by atoms with van der Waals surface area (Å²) < 4.78 is 16.2. The van der Waals surface area contributed by atoms with E-state index in [0.717, 1.165) is 58.8 Å². The van der Waals surface area contributed by atoms with E-state index in [1.807, 2.05) is 49.4 Å². The Morgan fingerprint density at radius 3 is 2.10 bits per heavy atom. The summed E-state index contributed by atoms with van der Waals surface area (Å²) in [5.41, 5.74) is 7.45. The minimum Gasteiger partial charge on any atom is -0.372 e. The summed E-state index contributed by atoms with van der Waals surface area (Å²) in [6.07, 6.45) is 4.70. The molecule has 0 bridgehead atoms. The molecule has 0 aliphatic heterocycles. The number of aromatic nitrogens is 1. The van der Waals surface area contributed by atoms with Crippen LogP contribution in [0.1, 0.15) is 70.7 Å². The van der Waals surface area contributed by atoms with Gasteiger partial charge in [0.1, 0.15) is 5.82 Å². The molecule has 0 radical (unpaired) electrons. The molecule has 0 atom stereocenters. The third kappa shape index (κ3) is 8.68. The van der Waals surface area contributed by atoms with Gasteiger partial charge in [-0.3, -0.25) is 10.1 Å². The average Bonchev–Trinajstić information content (AvgIpc) is 3.30. The summed E-state index contributed by atoms with van der Waals surface area (Å²) in [4.78, 5) is 12.6. The van der Waals surface area contributed by atoms with Crippen LogP contribution in [0.3, 0.4) is 0 Å². The van der Waals surface area contributed by atoms with Crippen LogP contribution in [0.5, 0.6) is 0 Å². The third-order valence-corrected chi connectivity index (χ3v) is 7.42. The quantitative estimate of drug-likeness (QED) is 0.0990. The maximum absolute atomic E-state index is 13.9. The lowest BCUT2D eigenvalue weighted by molar-refractivity contribution is -0.384. The van der Waals surface area contributed by atoms with Gasteiger partial charge in [-0.25, -0.2) is 4.39 Å². The predicted molar refractivity (Wildman–Crippen MR) is 175 cm³/mol. The number of rotatable bonds is 11. The van der Waals surface area contributed by atoms with E-state index in [9.17, 15) is 14.5 Å². The van der Waals surface area contributed by atoms with E-state index in [-0.39, 0.29) is 16.4 Å². The molecule has 0 spiro atoms. The maximum atomic E-state index is 13.9. The second-order valence-corrected chi connectivity index (χ2v) is 11.4. The van der Waals surface area contributed by atoms with Gasteiger partial charge in [-0.2, -0.15) is 0 Å². The van der Waals surface area contributed by atoms with Gasteiger partial charge in [0.15, 0.2) is 0 Å². The lowest BCUT2D eigenvalue weighted by Gasteiger charge is -2.24. The van der Waals surface area contributed by atoms with Crippen LogP contribution in [0.25, 0.3) is 22.4 Å². The van der Waals surface area contributed by atoms with Gasteiger partial charge < -0.3 is 9.47 Å². The Morgan fingerprint density at radius 1 is 0.881 bits per heavy atom. The van der Waals surface area contributed by atoms with Crippen LogP contribution in [0, 0.1) is 29.8 Å². The summed E-state index contributed by atoms with van der Waals surface area (Å²) in [7, 11) is 0. The van der Waals surface area contributed by atoms with Crippen molar-refractivity contribution in [3.05, 3.63) is 105 Å². The Labute approximate surface area is 255 Å². The van der Waals surface area contributed by atoms with E-state index < -0.39 is 0 Å². The Morgan fingerprint density at radius 2 is 1.55 bits per heavy atom. The number of nitro benzene ring substituents is 1. The highest BCUT2D eigenvalue weighted by Crippen LogP contribution is 2.38. The van der Waals surface area contributed by atoms with Crippen molar-refractivity contribution in [2.75, 3.05) is 18.0 Å². The topological polar surface area (TPSA) is 51.3 Å². The minimum absolute atomic E-state index is 0.156. The molecule has 0 N–H and O–H groups in total. The van der Waals surface area contributed by atoms with Crippen molar-refractivity contribution in [3.63, 3.8) is 0 Å². The second-order valence-electron chi connectivity index (χ2n) is 11.0. The maximum Gasteiger partial charge on any atom is 0.269 e. The number of halogens is 2. The van der Waals surface area contributed by atoms with Crippen molar-refractivity contribution >= 4 is 23.0 Å². The first kappa shape index (κ1) is 32.9. The Bertz CT molecular complexity index is 1430. The van der Waals surface area contributed by atoms with Crippen LogP contribution in [0.4, 0.5) is 15.8 Å². The number of nitro groups is 1. The standard InChI is InChI=1S/C21H21ClFN.C14H22N2O2/c1-13(2)24-15(4)11-20(17-9-14(3)10-19(23)12-17)21(24)16-5-7-18(22)8-6-16;1-3-5-6-12-15(11-4-2)13-7-9-14(10-8-13)16(17)18/h5-13H,1-4H3;7-10H,3-6,11-12H2,1-2H3. The fourth-order valence-corrected chi connectivity index (χ4v) is 5.44. The molecule has 224 valence electrons. The molecule has 1 heterocycles. The van der Waals surface area contributed by atoms with Crippen molar-refractivity contribution < 1.29 is 9.31 Å². The molecule has 4 aromatic rings. The Kier molecular flexibility index (Phi) is 12.2. The molecular weight excluding hydrogens is 549 g/mol. The van der Waals surface area contributed by atoms with Crippen molar-refractivity contribution in [2.45, 2.75) is 73.3 Å². The SMILES string of the molecule is CCCCCN(CCC)c1ccc([N+](=O)[O-])cc1.Cc1cc(F)cc(-c2cc(C)n(C(C)C)c2-c2ccc(Cl)cc2)c1. The van der Waals surface area contributed by atoms with Crippen LogP contribution in [0.15, 0.2) is 72.8 Å². The predicted octanol–water partition coefficient (Wildman–Crippen LogP) is 10.8. The van der Waals surface area contributed by atoms with Crippen molar-refractivity contribution in [1.82, 2.24) is 4.57 Å². The molecule has 4 rings (SSSR count). The molecule has 42 heavy (non-hydrogen) atoms. The van der Waals surface area contributed by atoms with E-state index in [1.165, 1.54) is 19.3 Å². The molecule has 0 amide bonds. The minimum atomic E-state index is -0.356. The molecule has 1 aromatic heterocycles. The fourth-order valence-electron chi connectivity index (χ4n) is 5.31. The van der Waals surface area contributed by atoms with E-state index >= 15 is 0 Å². The largest absolute Gasteiger partial charge is 0.372 e. The van der Waals surface area contributed by atoms with Gasteiger partial charge in [-0.15, -0.1) is 0 Å². The van der Waals surface area contributed by atoms with Crippen LogP contribution >= 0.6 is 11.6 Å². The lowest BCUT2D eigenvalue weighted by Crippen LogP contribution is -2.25. The van der Waals surface area contributed by atoms with Gasteiger partial charge in [-0.05, 0) is 99.7 Å². The van der Waals surface area contributed by atoms with Crippen LogP contribution in [0.2, 0.25) is 5.02 Å². The van der Waals surface area contributed by atoms with Crippen LogP contribution < -0.4 is 4.90 Å². The first-order valence-electron chi connectivity index (χ1n) is 14.8. The summed E-state index contributed by atoms with van der Waals surface area (Å²) in [6.45, 7) is 14.7. The number of anilines is 1. The smallest absolute Gasteiger partial charge is 0.269 e. The summed E-state index contributed by atoms with van der Waals surface area (Å²) >= 11 is 6.05. The van der Waals surface area contributed by atoms with Crippen LogP contribution in [-0.4, -0.2) is 22.6 Å². The van der Waals surface area contributed by atoms with E-state index in [2.05, 4.69) is 50.2 Å². The monoisotopic (exact) mass is 591 g/mol. The van der Waals surface area contributed by atoms with Gasteiger partial charge in [0.2, 0.25) is 0 Å². The van der Waals surface area contributed by atoms with E-state index in [1.54, 1.807) is 24.3 Å². The van der Waals surface area contributed by atoms with Crippen molar-refractivity contribution in [1.29, 1.82) is 0 Å². The number of benzene rings is 3. The zero-order valence-electron chi connectivity index (χ0n) is 25.7. The van der Waals surface area contributed by atoms with Gasteiger partial charge in [0, 0.05) is 53.2 Å². The molecule has 0 saturated carbocycles. The van der Waals surface area contributed by atoms with Gasteiger partial charge in [0.05, 0.1) is 10.6 Å². The highest BCUT2D eigenvalue weighted by Gasteiger charge is 2.18. The van der Waals surface area contributed by atoms with Crippen molar-refractivity contribution in [2.24, 2.45) is 0 Å². The Hall–Kier alpha value is -3.64. The molecule has 5 nitrogen and oxygen atoms in total. The number of non-ortho nitro benzene ring substituents is 1. The van der Waals surface area contributed by atoms with Crippen molar-refractivity contribution in [3.8, 4) is 22.4 Å². The number of hydrogen-bond donors (Lipinski definition) is 0. The lowest BCUT2D eigenvalue weighted by atomic mass is 9.99. The second kappa shape index (κ2) is 15.5. The zero-order chi connectivity index (χ0) is 30.8. The van der Waals surface area contributed by atoms with Crippen LogP contribution in [-0.2, 0) is 0 Å². The molecule has 0 aliphatic carbocycles. The summed E-state index contributed by atoms with van der Waals surface area (Å²) in [5, 5.41) is 11.3. The van der Waals surface area contributed by atoms with Gasteiger partial charge in [0.25, 0.3) is 5.69 Å². The summed E-state index contributed by atoms with van der Waals surface area (Å²) in [5.74, 6) is -0.206. The molecule has 0 saturated heterocycles. The average molecular weight is 592 g/mol. The number of nitrogens with zero attached hydrogens (tertiary/aromatic N) is 3. The molecule has 7 heteroatoms. The fraction of sp³-hybridized carbons (Fsp3) is 0.371. The normalized spacial score (nSPS) is 10.9. The summed E-state index contributed by atoms with van der Waals surface area (Å²) in [6, 6.07) is 22.3. The molecule has 0 fully saturated rings. The first-order chi connectivity index (χ1) is 20.0. The van der Waals surface area contributed by atoms with E-state index in [0.29, 0.717) is 11.1 Å². The number of hydrogen-bond acceptors (Lipinski definition) is 3. The zero-order valence-corrected chi connectivity index (χ0v) is 26.4. The first-order valence-corrected chi connectivity index (χ1v) is 15.2. The number of aryl methyl sites for hydroxylation is 2. The highest BCUT2D eigenvalue weighted by molar-refractivity contribution is 6.30. The number of unbranched alkanes of at least 4 members (excludes halogenated alkanes) is 2. The van der Waals surface area contributed by atoms with Gasteiger partial charge >= 0.3 is 0 Å². The Balaban J connectivity index is 0.000000241. The van der Waals surface area contributed by atoms with E-state index in [4.69, 9.17) is 11.6 Å². The third-order valence-electron chi connectivity index (χ3n) is 7.17. The molecule has 3 aromatic carbocycles.